The summed E-state index contributed by atoms with van der Waals surface area (Å²) in [5, 5.41) is 30.7. The predicted molar refractivity (Wildman–Crippen MR) is 238 cm³/mol. The van der Waals surface area contributed by atoms with Crippen molar-refractivity contribution in [2.75, 3.05) is 22.6 Å². The molecule has 4 N–H and O–H groups in total. The zero-order chi connectivity index (χ0) is 39.4. The molecule has 1 heterocycles. The number of carbonyl (C=O) groups excluding carboxylic acids is 1. The molecule has 8 nitrogen and oxygen atoms in total. The van der Waals surface area contributed by atoms with Gasteiger partial charge in [-0.05, 0) is 108 Å². The molecule has 0 atom stereocenters. The number of phenols is 1. The predicted octanol–water partition coefficient (Wildman–Crippen LogP) is 13.1. The largest absolute Gasteiger partial charge is 0.505 e. The Morgan fingerprint density at radius 3 is 2.03 bits per heavy atom. The molecule has 0 bridgehead atoms. The summed E-state index contributed by atoms with van der Waals surface area (Å²) in [7, 11) is 1.85. The first-order chi connectivity index (χ1) is 28.5. The Balaban J connectivity index is 1.00. The lowest BCUT2D eigenvalue weighted by atomic mass is 9.99. The zero-order valence-electron chi connectivity index (χ0n) is 31.9. The fourth-order valence-corrected chi connectivity index (χ4v) is 7.59. The van der Waals surface area contributed by atoms with Gasteiger partial charge in [-0.1, -0.05) is 97.1 Å². The van der Waals surface area contributed by atoms with Crippen molar-refractivity contribution in [1.29, 1.82) is 0 Å². The smallest absolute Gasteiger partial charge is 0.259 e. The molecule has 9 rings (SSSR count). The number of rotatable bonds is 11. The molecule has 8 heteroatoms. The van der Waals surface area contributed by atoms with E-state index in [0.29, 0.717) is 23.2 Å². The van der Waals surface area contributed by atoms with E-state index in [-0.39, 0.29) is 17.0 Å². The number of H-pyrrole nitrogens is 1. The van der Waals surface area contributed by atoms with Crippen LogP contribution in [0.15, 0.2) is 186 Å². The average molecular weight is 757 g/mol. The summed E-state index contributed by atoms with van der Waals surface area (Å²) in [5.41, 5.74) is 9.74. The van der Waals surface area contributed by atoms with Crippen LogP contribution in [0, 0.1) is 0 Å². The molecule has 0 radical (unpaired) electrons. The number of hydrogen-bond acceptors (Lipinski definition) is 6. The van der Waals surface area contributed by atoms with E-state index in [0.717, 1.165) is 61.9 Å². The van der Waals surface area contributed by atoms with Crippen molar-refractivity contribution in [2.24, 2.45) is 10.2 Å². The lowest BCUT2D eigenvalue weighted by Gasteiger charge is -2.25. The van der Waals surface area contributed by atoms with Crippen LogP contribution in [-0.2, 0) is 12.8 Å². The van der Waals surface area contributed by atoms with Gasteiger partial charge in [0.15, 0.2) is 5.75 Å². The van der Waals surface area contributed by atoms with Crippen LogP contribution in [0.4, 0.5) is 39.8 Å². The van der Waals surface area contributed by atoms with Crippen LogP contribution in [0.3, 0.4) is 0 Å². The molecular formula is C50H40N6O2. The van der Waals surface area contributed by atoms with Gasteiger partial charge in [0.05, 0.1) is 16.8 Å². The molecule has 9 aromatic rings. The van der Waals surface area contributed by atoms with Gasteiger partial charge in [-0.2, -0.15) is 5.11 Å². The maximum absolute atomic E-state index is 14.2. The van der Waals surface area contributed by atoms with Gasteiger partial charge in [0, 0.05) is 57.2 Å². The summed E-state index contributed by atoms with van der Waals surface area (Å²) in [6.45, 7) is 0. The van der Waals surface area contributed by atoms with Crippen molar-refractivity contribution in [1.82, 2.24) is 4.98 Å². The maximum atomic E-state index is 14.2. The minimum absolute atomic E-state index is 0.106. The van der Waals surface area contributed by atoms with Crippen LogP contribution in [0.25, 0.3) is 32.6 Å². The molecule has 0 aliphatic heterocycles. The number of para-hydroxylation sites is 4. The number of phenolic OH excluding ortho intramolecular Hbond substituents is 1. The molecule has 8 aromatic carbocycles. The van der Waals surface area contributed by atoms with Crippen molar-refractivity contribution < 1.29 is 9.90 Å². The number of nitrogens with zero attached hydrogens (tertiary/aromatic N) is 3. The monoisotopic (exact) mass is 756 g/mol. The first-order valence-corrected chi connectivity index (χ1v) is 19.3. The summed E-state index contributed by atoms with van der Waals surface area (Å²) in [6.07, 6.45) is 1.47. The minimum Gasteiger partial charge on any atom is -0.505 e. The molecule has 0 fully saturated rings. The first-order valence-electron chi connectivity index (χ1n) is 19.3. The molecule has 1 amide bonds. The highest BCUT2D eigenvalue weighted by molar-refractivity contribution is 6.22. The van der Waals surface area contributed by atoms with E-state index in [9.17, 15) is 9.90 Å². The highest BCUT2D eigenvalue weighted by atomic mass is 16.3. The van der Waals surface area contributed by atoms with Gasteiger partial charge in [-0.15, -0.1) is 5.11 Å². The van der Waals surface area contributed by atoms with E-state index in [1.165, 1.54) is 5.56 Å². The fraction of sp³-hybridized carbons (Fsp3) is 0.0600. The van der Waals surface area contributed by atoms with E-state index >= 15 is 0 Å². The lowest BCUT2D eigenvalue weighted by molar-refractivity contribution is 0.102. The summed E-state index contributed by atoms with van der Waals surface area (Å²) in [6, 6.07) is 58.4. The highest BCUT2D eigenvalue weighted by Crippen LogP contribution is 2.44. The SMILES string of the molecule is CNc1ccc(N=Nc2c(O)c(C(=O)Nc3ccccc3CCc3ccc(N(c4ccccc4)c4ccccc4)cc3)cc3ccc4c5ccccc5[nH]c4c23)cc1. The molecule has 58 heavy (non-hydrogen) atoms. The molecule has 0 aliphatic carbocycles. The van der Waals surface area contributed by atoms with Gasteiger partial charge in [0.25, 0.3) is 5.91 Å². The molecule has 282 valence electrons. The lowest BCUT2D eigenvalue weighted by Crippen LogP contribution is -2.14. The topological polar surface area (TPSA) is 105 Å². The molecule has 1 aromatic heterocycles. The second kappa shape index (κ2) is 15.8. The third-order valence-corrected chi connectivity index (χ3v) is 10.6. The number of aryl methyl sites for hydroxylation is 2. The van der Waals surface area contributed by atoms with Gasteiger partial charge in [0.2, 0.25) is 0 Å². The second-order valence-corrected chi connectivity index (χ2v) is 14.2. The van der Waals surface area contributed by atoms with Crippen LogP contribution in [0.2, 0.25) is 0 Å². The van der Waals surface area contributed by atoms with Crippen LogP contribution < -0.4 is 15.5 Å². The summed E-state index contributed by atoms with van der Waals surface area (Å²) >= 11 is 0. The quantitative estimate of drug-likeness (QED) is 0.0986. The van der Waals surface area contributed by atoms with Crippen molar-refractivity contribution in [3.63, 3.8) is 0 Å². The standard InChI is InChI=1S/C50H40N6O2/c1-51-36-25-27-37(28-26-36)54-55-48-46-35(24-31-42-41-17-9-11-19-45(41)52-47(42)46)32-43(49(48)57)50(58)53-44-18-10-8-12-34(44)23-20-33-21-29-40(30-22-33)56(38-13-4-2-5-14-38)39-15-6-3-7-16-39/h2-19,21-22,24-32,51-52,57H,20,23H2,1H3,(H,53,58). The van der Waals surface area contributed by atoms with Gasteiger partial charge in [-0.25, -0.2) is 0 Å². The second-order valence-electron chi connectivity index (χ2n) is 14.2. The van der Waals surface area contributed by atoms with E-state index in [1.54, 1.807) is 6.07 Å². The summed E-state index contributed by atoms with van der Waals surface area (Å²) in [4.78, 5) is 19.9. The van der Waals surface area contributed by atoms with E-state index < -0.39 is 5.91 Å². The van der Waals surface area contributed by atoms with Crippen LogP contribution >= 0.6 is 0 Å². The van der Waals surface area contributed by atoms with E-state index in [1.807, 2.05) is 98.0 Å². The molecule has 0 saturated heterocycles. The normalized spacial score (nSPS) is 11.4. The number of carbonyl (C=O) groups is 1. The third kappa shape index (κ3) is 7.10. The van der Waals surface area contributed by atoms with E-state index in [2.05, 4.69) is 110 Å². The number of benzene rings is 8. The Labute approximate surface area is 336 Å². The van der Waals surface area contributed by atoms with E-state index in [4.69, 9.17) is 0 Å². The number of aromatic hydroxyl groups is 1. The van der Waals surface area contributed by atoms with Crippen molar-refractivity contribution in [3.05, 3.63) is 193 Å². The number of amides is 1. The van der Waals surface area contributed by atoms with Crippen LogP contribution in [0.5, 0.6) is 5.75 Å². The summed E-state index contributed by atoms with van der Waals surface area (Å²) < 4.78 is 0. The number of nitrogens with one attached hydrogen (secondary N) is 3. The number of aromatic nitrogens is 1. The Bertz CT molecular complexity index is 2880. The summed E-state index contributed by atoms with van der Waals surface area (Å²) in [5.74, 6) is -0.686. The van der Waals surface area contributed by atoms with Gasteiger partial charge in [-0.3, -0.25) is 4.79 Å². The van der Waals surface area contributed by atoms with Crippen molar-refractivity contribution in [2.45, 2.75) is 12.8 Å². The van der Waals surface area contributed by atoms with Gasteiger partial charge < -0.3 is 25.6 Å². The Morgan fingerprint density at radius 1 is 0.655 bits per heavy atom. The van der Waals surface area contributed by atoms with Crippen molar-refractivity contribution >= 4 is 78.3 Å². The Hall–Kier alpha value is -7.71. The number of fused-ring (bicyclic) bond motifs is 5. The number of hydrogen-bond donors (Lipinski definition) is 4. The molecule has 0 unspecified atom stereocenters. The van der Waals surface area contributed by atoms with Crippen molar-refractivity contribution in [3.8, 4) is 5.75 Å². The number of anilines is 5. The van der Waals surface area contributed by atoms with Crippen LogP contribution in [0.1, 0.15) is 21.5 Å². The first kappa shape index (κ1) is 36.0. The van der Waals surface area contributed by atoms with Crippen LogP contribution in [-0.4, -0.2) is 23.0 Å². The Kier molecular flexibility index (Phi) is 9.80. The Morgan fingerprint density at radius 2 is 1.31 bits per heavy atom. The molecule has 0 spiro atoms. The molecular weight excluding hydrogens is 717 g/mol. The third-order valence-electron chi connectivity index (χ3n) is 10.6. The number of azo groups is 1. The fourth-order valence-electron chi connectivity index (χ4n) is 7.59. The number of aromatic amines is 1. The zero-order valence-corrected chi connectivity index (χ0v) is 31.9. The molecule has 0 saturated carbocycles. The highest BCUT2D eigenvalue weighted by Gasteiger charge is 2.22. The van der Waals surface area contributed by atoms with Gasteiger partial charge >= 0.3 is 0 Å². The maximum Gasteiger partial charge on any atom is 0.259 e. The minimum atomic E-state index is -0.440. The molecule has 0 aliphatic rings. The van der Waals surface area contributed by atoms with Gasteiger partial charge in [0.1, 0.15) is 5.69 Å². The average Bonchev–Trinajstić information content (AvgIpc) is 3.66.